The van der Waals surface area contributed by atoms with E-state index < -0.39 is 22.7 Å². The van der Waals surface area contributed by atoms with Gasteiger partial charge < -0.3 is 41.4 Å². The number of pyridine rings is 2. The average Bonchev–Trinajstić information content (AvgIpc) is 3.15. The minimum absolute atomic E-state index is 0.0354. The minimum Gasteiger partial charge on any atom is -0.497 e. The van der Waals surface area contributed by atoms with Gasteiger partial charge in [-0.3, -0.25) is 0 Å². The SMILES string of the molecule is CCCC[C@](C)(CO)Nc1nc(N)nc2cc(F)cnc12.CCCC[C@](C)(CO)Nc1nc(NCc2ccc(OC)cc2OC)nc2cc(F)cnc12. The molecule has 0 saturated heterocycles. The maximum Gasteiger partial charge on any atom is 0.225 e. The molecule has 16 heteroatoms. The van der Waals surface area contributed by atoms with Crippen LogP contribution in [0, 0.1) is 11.6 Å². The van der Waals surface area contributed by atoms with Crippen LogP contribution in [-0.4, -0.2) is 78.6 Å². The minimum atomic E-state index is -0.593. The molecule has 14 nitrogen and oxygen atoms in total. The van der Waals surface area contributed by atoms with Crippen LogP contribution in [0.2, 0.25) is 0 Å². The molecule has 0 amide bonds. The standard InChI is InChI=1S/C23H30FN5O3.C14H20FN5O/c1-5-6-9-23(2,14-30)29-21-20-18(10-16(24)13-25-20)27-22(28-21)26-12-15-7-8-17(31-3)11-19(15)32-4;1-3-4-5-14(2,8-21)20-12-11-10(18-13(16)19-12)6-9(15)7-17-11/h7-8,10-11,13,30H,5-6,9,12,14H2,1-4H3,(H2,26,27,28,29);6-7,21H,3-5,8H2,1-2H3,(H3,16,18,19,20)/t23-;14-/m11/s1. The highest BCUT2D eigenvalue weighted by molar-refractivity contribution is 5.87. The van der Waals surface area contributed by atoms with Crippen molar-refractivity contribution < 1.29 is 28.5 Å². The summed E-state index contributed by atoms with van der Waals surface area (Å²) >= 11 is 0. The number of benzene rings is 1. The summed E-state index contributed by atoms with van der Waals surface area (Å²) in [6.07, 6.45) is 7.69. The molecule has 0 bridgehead atoms. The van der Waals surface area contributed by atoms with Crippen molar-refractivity contribution in [3.8, 4) is 11.5 Å². The number of halogens is 2. The number of methoxy groups -OCH3 is 2. The quantitative estimate of drug-likeness (QED) is 0.0627. The third kappa shape index (κ3) is 10.9. The van der Waals surface area contributed by atoms with Gasteiger partial charge in [-0.05, 0) is 38.8 Å². The molecule has 0 aliphatic heterocycles. The molecule has 5 rings (SSSR count). The Morgan fingerprint density at radius 3 is 1.81 bits per heavy atom. The Kier molecular flexibility index (Phi) is 14.2. The molecule has 0 saturated carbocycles. The second-order valence-corrected chi connectivity index (χ2v) is 13.3. The van der Waals surface area contributed by atoms with E-state index >= 15 is 0 Å². The van der Waals surface area contributed by atoms with Crippen LogP contribution in [0.4, 0.5) is 32.3 Å². The molecule has 4 aromatic heterocycles. The molecule has 0 radical (unpaired) electrons. The van der Waals surface area contributed by atoms with Gasteiger partial charge in [0.25, 0.3) is 0 Å². The van der Waals surface area contributed by atoms with Gasteiger partial charge in [-0.25, -0.2) is 28.7 Å². The van der Waals surface area contributed by atoms with Gasteiger partial charge in [0.1, 0.15) is 34.2 Å². The molecule has 0 fully saturated rings. The molecule has 286 valence electrons. The first-order valence-corrected chi connectivity index (χ1v) is 17.5. The van der Waals surface area contributed by atoms with Crippen LogP contribution in [0.15, 0.2) is 42.7 Å². The second-order valence-electron chi connectivity index (χ2n) is 13.3. The predicted molar refractivity (Wildman–Crippen MR) is 203 cm³/mol. The maximum atomic E-state index is 13.9. The molecule has 2 atom stereocenters. The Balaban J connectivity index is 0.000000258. The first-order valence-electron chi connectivity index (χ1n) is 17.5. The fraction of sp³-hybridized carbons (Fsp3) is 0.459. The molecule has 4 heterocycles. The van der Waals surface area contributed by atoms with Crippen LogP contribution in [0.3, 0.4) is 0 Å². The number of anilines is 4. The summed E-state index contributed by atoms with van der Waals surface area (Å²) in [5.74, 6) is 1.57. The first kappa shape index (κ1) is 40.5. The number of ether oxygens (including phenoxy) is 2. The molecule has 0 spiro atoms. The van der Waals surface area contributed by atoms with E-state index in [1.807, 2.05) is 26.0 Å². The van der Waals surface area contributed by atoms with Gasteiger partial charge in [0, 0.05) is 30.3 Å². The lowest BCUT2D eigenvalue weighted by Gasteiger charge is -2.29. The van der Waals surface area contributed by atoms with E-state index in [-0.39, 0.29) is 19.2 Å². The molecule has 0 aliphatic rings. The highest BCUT2D eigenvalue weighted by Crippen LogP contribution is 2.29. The van der Waals surface area contributed by atoms with Gasteiger partial charge in [0.05, 0.1) is 61.9 Å². The summed E-state index contributed by atoms with van der Waals surface area (Å²) in [7, 11) is 3.19. The molecule has 0 unspecified atom stereocenters. The van der Waals surface area contributed by atoms with E-state index in [0.717, 1.165) is 56.5 Å². The highest BCUT2D eigenvalue weighted by atomic mass is 19.1. The Labute approximate surface area is 308 Å². The zero-order chi connectivity index (χ0) is 38.6. The second kappa shape index (κ2) is 18.5. The van der Waals surface area contributed by atoms with E-state index in [1.165, 1.54) is 12.1 Å². The number of nitrogens with two attached hydrogens (primary N) is 1. The number of hydrogen-bond donors (Lipinski definition) is 6. The third-order valence-electron chi connectivity index (χ3n) is 8.66. The monoisotopic (exact) mass is 736 g/mol. The van der Waals surface area contributed by atoms with Crippen molar-refractivity contribution in [2.75, 3.05) is 49.1 Å². The summed E-state index contributed by atoms with van der Waals surface area (Å²) in [5, 5.41) is 29.3. The molecule has 1 aromatic carbocycles. The van der Waals surface area contributed by atoms with Crippen molar-refractivity contribution in [2.24, 2.45) is 0 Å². The third-order valence-corrected chi connectivity index (χ3v) is 8.66. The van der Waals surface area contributed by atoms with Crippen molar-refractivity contribution in [1.82, 2.24) is 29.9 Å². The first-order chi connectivity index (χ1) is 25.4. The smallest absolute Gasteiger partial charge is 0.225 e. The van der Waals surface area contributed by atoms with Crippen LogP contribution < -0.4 is 31.2 Å². The number of nitrogen functional groups attached to an aromatic ring is 1. The average molecular weight is 737 g/mol. The number of aromatic nitrogens is 6. The van der Waals surface area contributed by atoms with Crippen LogP contribution >= 0.6 is 0 Å². The number of nitrogens with zero attached hydrogens (tertiary/aromatic N) is 6. The topological polar surface area (TPSA) is 198 Å². The van der Waals surface area contributed by atoms with Crippen molar-refractivity contribution in [2.45, 2.75) is 83.8 Å². The highest BCUT2D eigenvalue weighted by Gasteiger charge is 2.26. The van der Waals surface area contributed by atoms with Gasteiger partial charge >= 0.3 is 0 Å². The molecule has 5 aromatic rings. The fourth-order valence-electron chi connectivity index (χ4n) is 5.50. The lowest BCUT2D eigenvalue weighted by molar-refractivity contribution is 0.212. The summed E-state index contributed by atoms with van der Waals surface area (Å²) < 4.78 is 37.8. The van der Waals surface area contributed by atoms with E-state index in [9.17, 15) is 19.0 Å². The molecule has 7 N–H and O–H groups in total. The number of unbranched alkanes of at least 4 members (excludes halogenated alkanes) is 2. The van der Waals surface area contributed by atoms with Crippen molar-refractivity contribution in [3.63, 3.8) is 0 Å². The van der Waals surface area contributed by atoms with Crippen LogP contribution in [-0.2, 0) is 6.54 Å². The van der Waals surface area contributed by atoms with Crippen molar-refractivity contribution in [1.29, 1.82) is 0 Å². The van der Waals surface area contributed by atoms with E-state index in [2.05, 4.69) is 59.7 Å². The number of nitrogens with one attached hydrogen (secondary N) is 3. The summed E-state index contributed by atoms with van der Waals surface area (Å²) in [6.45, 7) is 8.25. The normalized spacial score (nSPS) is 13.4. The molecular weight excluding hydrogens is 686 g/mol. The molecule has 53 heavy (non-hydrogen) atoms. The van der Waals surface area contributed by atoms with Gasteiger partial charge in [0.15, 0.2) is 11.6 Å². The Morgan fingerprint density at radius 1 is 0.755 bits per heavy atom. The largest absolute Gasteiger partial charge is 0.497 e. The zero-order valence-corrected chi connectivity index (χ0v) is 31.1. The summed E-state index contributed by atoms with van der Waals surface area (Å²) in [6, 6.07) is 8.10. The van der Waals surface area contributed by atoms with E-state index in [4.69, 9.17) is 15.2 Å². The van der Waals surface area contributed by atoms with Gasteiger partial charge in [-0.2, -0.15) is 9.97 Å². The number of aliphatic hydroxyl groups is 2. The molecular formula is C37H50F2N10O4. The van der Waals surface area contributed by atoms with E-state index in [1.54, 1.807) is 20.3 Å². The van der Waals surface area contributed by atoms with Gasteiger partial charge in [-0.1, -0.05) is 39.5 Å². The van der Waals surface area contributed by atoms with Crippen LogP contribution in [0.1, 0.15) is 71.8 Å². The van der Waals surface area contributed by atoms with Gasteiger partial charge in [0.2, 0.25) is 11.9 Å². The Bertz CT molecular complexity index is 1970. The molecule has 0 aliphatic carbocycles. The lowest BCUT2D eigenvalue weighted by Crippen LogP contribution is -2.39. The van der Waals surface area contributed by atoms with E-state index in [0.29, 0.717) is 57.7 Å². The number of hydrogen-bond acceptors (Lipinski definition) is 14. The van der Waals surface area contributed by atoms with Crippen molar-refractivity contribution in [3.05, 3.63) is 59.9 Å². The van der Waals surface area contributed by atoms with Crippen LogP contribution in [0.5, 0.6) is 11.5 Å². The predicted octanol–water partition coefficient (Wildman–Crippen LogP) is 6.25. The Hall–Kier alpha value is -5.22. The Morgan fingerprint density at radius 2 is 1.30 bits per heavy atom. The maximum absolute atomic E-state index is 13.9. The number of aliphatic hydroxyl groups excluding tert-OH is 2. The number of rotatable bonds is 17. The summed E-state index contributed by atoms with van der Waals surface area (Å²) in [4.78, 5) is 25.3. The fourth-order valence-corrected chi connectivity index (χ4v) is 5.50. The van der Waals surface area contributed by atoms with Crippen molar-refractivity contribution >= 4 is 45.6 Å². The number of fused-ring (bicyclic) bond motifs is 2. The zero-order valence-electron chi connectivity index (χ0n) is 31.1. The van der Waals surface area contributed by atoms with Gasteiger partial charge in [-0.15, -0.1) is 0 Å². The summed E-state index contributed by atoms with van der Waals surface area (Å²) in [5.41, 5.74) is 6.98. The van der Waals surface area contributed by atoms with Crippen LogP contribution in [0.25, 0.3) is 22.1 Å². The lowest BCUT2D eigenvalue weighted by atomic mass is 9.96.